The smallest absolute Gasteiger partial charge is 0.322 e. The van der Waals surface area contributed by atoms with Crippen LogP contribution < -0.4 is 15.1 Å². The highest BCUT2D eigenvalue weighted by molar-refractivity contribution is 6.33. The van der Waals surface area contributed by atoms with Crippen molar-refractivity contribution in [2.24, 2.45) is 5.10 Å². The van der Waals surface area contributed by atoms with Gasteiger partial charge in [0.15, 0.2) is 0 Å². The molecule has 1 aliphatic heterocycles. The Morgan fingerprint density at radius 3 is 2.79 bits per heavy atom. The molecule has 1 aromatic heterocycles. The second-order valence-electron chi connectivity index (χ2n) is 4.94. The van der Waals surface area contributed by atoms with Crippen LogP contribution in [0.2, 0.25) is 5.02 Å². The first-order valence-corrected chi connectivity index (χ1v) is 7.80. The van der Waals surface area contributed by atoms with E-state index in [1.807, 2.05) is 23.1 Å². The van der Waals surface area contributed by atoms with Gasteiger partial charge in [0.05, 0.1) is 26.5 Å². The van der Waals surface area contributed by atoms with Gasteiger partial charge in [0.1, 0.15) is 0 Å². The summed E-state index contributed by atoms with van der Waals surface area (Å²) in [4.78, 5) is 14.8. The van der Waals surface area contributed by atoms with E-state index in [9.17, 15) is 0 Å². The Bertz CT molecular complexity index is 721. The lowest BCUT2D eigenvalue weighted by Crippen LogP contribution is -2.37. The zero-order valence-corrected chi connectivity index (χ0v) is 13.9. The van der Waals surface area contributed by atoms with E-state index in [1.165, 1.54) is 7.11 Å². The number of morpholine rings is 1. The van der Waals surface area contributed by atoms with Gasteiger partial charge in [0.25, 0.3) is 5.95 Å². The van der Waals surface area contributed by atoms with E-state index in [-0.39, 0.29) is 6.01 Å². The number of nitrogens with one attached hydrogen (secondary N) is 1. The maximum absolute atomic E-state index is 6.08. The van der Waals surface area contributed by atoms with E-state index in [4.69, 9.17) is 21.1 Å². The van der Waals surface area contributed by atoms with Crippen molar-refractivity contribution in [1.82, 2.24) is 15.0 Å². The summed E-state index contributed by atoms with van der Waals surface area (Å²) in [6.07, 6.45) is 1.60. The number of nitrogens with zero attached hydrogens (tertiary/aromatic N) is 5. The number of rotatable bonds is 5. The maximum atomic E-state index is 6.08. The molecule has 8 nitrogen and oxygen atoms in total. The van der Waals surface area contributed by atoms with Crippen LogP contribution in [-0.4, -0.2) is 54.6 Å². The van der Waals surface area contributed by atoms with Crippen molar-refractivity contribution in [3.05, 3.63) is 34.9 Å². The Labute approximate surface area is 144 Å². The number of hydrogen-bond donors (Lipinski definition) is 1. The van der Waals surface area contributed by atoms with Crippen molar-refractivity contribution in [2.75, 3.05) is 43.7 Å². The van der Waals surface area contributed by atoms with Gasteiger partial charge in [-0.15, -0.1) is 0 Å². The van der Waals surface area contributed by atoms with Crippen LogP contribution in [0.4, 0.5) is 11.9 Å². The first-order chi connectivity index (χ1) is 11.8. The minimum absolute atomic E-state index is 0.224. The molecule has 24 heavy (non-hydrogen) atoms. The van der Waals surface area contributed by atoms with Crippen LogP contribution in [0, 0.1) is 0 Å². The largest absolute Gasteiger partial charge is 0.467 e. The van der Waals surface area contributed by atoms with Gasteiger partial charge in [-0.3, -0.25) is 0 Å². The Hall–Kier alpha value is -2.45. The van der Waals surface area contributed by atoms with Crippen LogP contribution in [0.5, 0.6) is 6.01 Å². The van der Waals surface area contributed by atoms with Crippen LogP contribution in [0.25, 0.3) is 0 Å². The van der Waals surface area contributed by atoms with Gasteiger partial charge in [-0.2, -0.15) is 20.1 Å². The first-order valence-electron chi connectivity index (χ1n) is 7.42. The van der Waals surface area contributed by atoms with Crippen LogP contribution in [0.3, 0.4) is 0 Å². The number of hydrazone groups is 1. The molecular formula is C15H17ClN6O2. The Morgan fingerprint density at radius 2 is 2.04 bits per heavy atom. The minimum Gasteiger partial charge on any atom is -0.467 e. The molecule has 0 unspecified atom stereocenters. The molecule has 1 fully saturated rings. The summed E-state index contributed by atoms with van der Waals surface area (Å²) in [5.74, 6) is 0.826. The Kier molecular flexibility index (Phi) is 5.39. The van der Waals surface area contributed by atoms with Crippen LogP contribution in [0.1, 0.15) is 5.56 Å². The van der Waals surface area contributed by atoms with Gasteiger partial charge in [0.2, 0.25) is 5.95 Å². The summed E-state index contributed by atoms with van der Waals surface area (Å²) in [6.45, 7) is 2.72. The number of aromatic nitrogens is 3. The fourth-order valence-corrected chi connectivity index (χ4v) is 2.32. The molecule has 1 aliphatic rings. The molecule has 1 N–H and O–H groups in total. The molecule has 3 rings (SSSR count). The molecule has 9 heteroatoms. The monoisotopic (exact) mass is 348 g/mol. The third kappa shape index (κ3) is 4.09. The molecule has 0 amide bonds. The SMILES string of the molecule is COc1nc(N/N=C/c2ccccc2Cl)nc(N2CCOCC2)n1. The van der Waals surface area contributed by atoms with Crippen molar-refractivity contribution in [3.8, 4) is 6.01 Å². The summed E-state index contributed by atoms with van der Waals surface area (Å²) in [7, 11) is 1.51. The Balaban J connectivity index is 1.76. The fraction of sp³-hybridized carbons (Fsp3) is 0.333. The third-order valence-electron chi connectivity index (χ3n) is 3.35. The zero-order chi connectivity index (χ0) is 16.8. The van der Waals surface area contributed by atoms with E-state index < -0.39 is 0 Å². The highest BCUT2D eigenvalue weighted by Gasteiger charge is 2.16. The van der Waals surface area contributed by atoms with Gasteiger partial charge >= 0.3 is 6.01 Å². The first kappa shape index (κ1) is 16.4. The van der Waals surface area contributed by atoms with E-state index in [0.29, 0.717) is 30.1 Å². The van der Waals surface area contributed by atoms with E-state index in [0.717, 1.165) is 18.7 Å². The summed E-state index contributed by atoms with van der Waals surface area (Å²) >= 11 is 6.08. The van der Waals surface area contributed by atoms with Crippen molar-refractivity contribution < 1.29 is 9.47 Å². The average Bonchev–Trinajstić information content (AvgIpc) is 2.64. The van der Waals surface area contributed by atoms with E-state index in [1.54, 1.807) is 12.3 Å². The number of methoxy groups -OCH3 is 1. The van der Waals surface area contributed by atoms with Gasteiger partial charge < -0.3 is 14.4 Å². The number of ether oxygens (including phenoxy) is 2. The van der Waals surface area contributed by atoms with Crippen molar-refractivity contribution in [2.45, 2.75) is 0 Å². The highest BCUT2D eigenvalue weighted by Crippen LogP contribution is 2.16. The lowest BCUT2D eigenvalue weighted by molar-refractivity contribution is 0.122. The number of halogens is 1. The predicted octanol–water partition coefficient (Wildman–Crippen LogP) is 1.82. The lowest BCUT2D eigenvalue weighted by Gasteiger charge is -2.26. The average molecular weight is 349 g/mol. The summed E-state index contributed by atoms with van der Waals surface area (Å²) < 4.78 is 10.5. The van der Waals surface area contributed by atoms with Gasteiger partial charge in [-0.1, -0.05) is 29.8 Å². The molecule has 1 aromatic carbocycles. The van der Waals surface area contributed by atoms with Crippen LogP contribution in [0.15, 0.2) is 29.4 Å². The number of benzene rings is 1. The molecule has 0 spiro atoms. The summed E-state index contributed by atoms with van der Waals surface area (Å²) in [5, 5.41) is 4.74. The van der Waals surface area contributed by atoms with Gasteiger partial charge in [0, 0.05) is 23.7 Å². The van der Waals surface area contributed by atoms with Gasteiger partial charge in [-0.25, -0.2) is 5.43 Å². The molecule has 0 radical (unpaired) electrons. The molecule has 126 valence electrons. The second-order valence-corrected chi connectivity index (χ2v) is 5.34. The van der Waals surface area contributed by atoms with E-state index >= 15 is 0 Å². The normalized spacial score (nSPS) is 14.8. The van der Waals surface area contributed by atoms with Crippen LogP contribution in [-0.2, 0) is 4.74 Å². The molecule has 0 atom stereocenters. The molecule has 2 aromatic rings. The van der Waals surface area contributed by atoms with Crippen molar-refractivity contribution in [1.29, 1.82) is 0 Å². The summed E-state index contributed by atoms with van der Waals surface area (Å²) in [5.41, 5.74) is 3.58. The van der Waals surface area contributed by atoms with Crippen molar-refractivity contribution >= 4 is 29.7 Å². The van der Waals surface area contributed by atoms with Crippen LogP contribution >= 0.6 is 11.6 Å². The lowest BCUT2D eigenvalue weighted by atomic mass is 10.2. The van der Waals surface area contributed by atoms with Crippen molar-refractivity contribution in [3.63, 3.8) is 0 Å². The molecular weight excluding hydrogens is 332 g/mol. The molecule has 0 saturated carbocycles. The topological polar surface area (TPSA) is 84.8 Å². The molecule has 1 saturated heterocycles. The fourth-order valence-electron chi connectivity index (χ4n) is 2.13. The quantitative estimate of drug-likeness (QED) is 0.651. The predicted molar refractivity (Wildman–Crippen MR) is 92.1 cm³/mol. The molecule has 0 aliphatic carbocycles. The minimum atomic E-state index is 0.224. The summed E-state index contributed by atoms with van der Waals surface area (Å²) in [6, 6.07) is 7.63. The molecule has 2 heterocycles. The third-order valence-corrected chi connectivity index (χ3v) is 3.70. The Morgan fingerprint density at radius 1 is 1.25 bits per heavy atom. The van der Waals surface area contributed by atoms with E-state index in [2.05, 4.69) is 25.5 Å². The second kappa shape index (κ2) is 7.89. The zero-order valence-electron chi connectivity index (χ0n) is 13.1. The highest BCUT2D eigenvalue weighted by atomic mass is 35.5. The molecule has 0 bridgehead atoms. The van der Waals surface area contributed by atoms with Gasteiger partial charge in [-0.05, 0) is 6.07 Å². The number of hydrogen-bond acceptors (Lipinski definition) is 8. The number of anilines is 2. The maximum Gasteiger partial charge on any atom is 0.322 e. The standard InChI is InChI=1S/C15H17ClN6O2/c1-23-15-19-13(18-14(20-15)22-6-8-24-9-7-22)21-17-10-11-4-2-3-5-12(11)16/h2-5,10H,6-9H2,1H3,(H,18,19,20,21)/b17-10+.